The molecule has 2 amide bonds. The van der Waals surface area contributed by atoms with Crippen molar-refractivity contribution >= 4 is 17.5 Å². The Hall–Kier alpha value is -1.88. The lowest BCUT2D eigenvalue weighted by atomic mass is 9.90. The van der Waals surface area contributed by atoms with Gasteiger partial charge in [0.1, 0.15) is 6.10 Å². The third-order valence-electron chi connectivity index (χ3n) is 5.20. The maximum Gasteiger partial charge on any atom is 0.249 e. The third-order valence-corrected chi connectivity index (χ3v) is 5.20. The third kappa shape index (κ3) is 4.60. The average molecular weight is 344 g/mol. The van der Waals surface area contributed by atoms with Gasteiger partial charge >= 0.3 is 0 Å². The van der Waals surface area contributed by atoms with Crippen molar-refractivity contribution in [2.75, 3.05) is 11.9 Å². The van der Waals surface area contributed by atoms with E-state index in [1.807, 2.05) is 31.2 Å². The van der Waals surface area contributed by atoms with Crippen molar-refractivity contribution in [3.8, 4) is 0 Å². The van der Waals surface area contributed by atoms with E-state index in [4.69, 9.17) is 4.74 Å². The van der Waals surface area contributed by atoms with Gasteiger partial charge < -0.3 is 15.4 Å². The molecule has 2 atom stereocenters. The van der Waals surface area contributed by atoms with E-state index < -0.39 is 6.10 Å². The van der Waals surface area contributed by atoms with E-state index >= 15 is 0 Å². The van der Waals surface area contributed by atoms with Crippen LogP contribution in [0.1, 0.15) is 63.4 Å². The van der Waals surface area contributed by atoms with Gasteiger partial charge in [-0.3, -0.25) is 9.59 Å². The van der Waals surface area contributed by atoms with Gasteiger partial charge in [-0.1, -0.05) is 44.4 Å². The Kier molecular flexibility index (Phi) is 6.08. The van der Waals surface area contributed by atoms with Crippen LogP contribution >= 0.6 is 0 Å². The zero-order chi connectivity index (χ0) is 17.6. The van der Waals surface area contributed by atoms with Crippen molar-refractivity contribution in [2.24, 2.45) is 0 Å². The largest absolute Gasteiger partial charge is 0.365 e. The van der Waals surface area contributed by atoms with Crippen LogP contribution in [0.3, 0.4) is 0 Å². The lowest BCUT2D eigenvalue weighted by Gasteiger charge is -2.28. The Morgan fingerprint density at radius 1 is 1.28 bits per heavy atom. The van der Waals surface area contributed by atoms with Gasteiger partial charge in [-0.15, -0.1) is 0 Å². The van der Waals surface area contributed by atoms with Crippen LogP contribution in [0.5, 0.6) is 0 Å². The summed E-state index contributed by atoms with van der Waals surface area (Å²) >= 11 is 0. The highest BCUT2D eigenvalue weighted by Crippen LogP contribution is 2.31. The number of ether oxygens (including phenoxy) is 1. The first-order valence-corrected chi connectivity index (χ1v) is 9.49. The maximum atomic E-state index is 12.5. The van der Waals surface area contributed by atoms with Gasteiger partial charge in [0.25, 0.3) is 0 Å². The molecular formula is C20H28N2O3. The normalized spacial score (nSPS) is 22.0. The molecule has 1 aliphatic heterocycles. The van der Waals surface area contributed by atoms with Crippen LogP contribution in [0, 0.1) is 0 Å². The van der Waals surface area contributed by atoms with Crippen LogP contribution in [-0.4, -0.2) is 30.6 Å². The Morgan fingerprint density at radius 2 is 2.04 bits per heavy atom. The number of rotatable bonds is 6. The van der Waals surface area contributed by atoms with E-state index in [1.165, 1.54) is 19.3 Å². The van der Waals surface area contributed by atoms with E-state index in [-0.39, 0.29) is 23.8 Å². The fourth-order valence-corrected chi connectivity index (χ4v) is 3.80. The molecule has 0 bridgehead atoms. The quantitative estimate of drug-likeness (QED) is 0.831. The minimum Gasteiger partial charge on any atom is -0.365 e. The highest BCUT2D eigenvalue weighted by Gasteiger charge is 2.27. The average Bonchev–Trinajstić information content (AvgIpc) is 2.64. The summed E-state index contributed by atoms with van der Waals surface area (Å²) in [5, 5.41) is 5.90. The monoisotopic (exact) mass is 344 g/mol. The van der Waals surface area contributed by atoms with Crippen LogP contribution in [-0.2, 0) is 14.3 Å². The molecule has 0 unspecified atom stereocenters. The number of nitrogens with one attached hydrogen (secondary N) is 2. The molecule has 136 valence electrons. The molecule has 5 nitrogen and oxygen atoms in total. The summed E-state index contributed by atoms with van der Waals surface area (Å²) in [5.41, 5.74) is 1.94. The number of fused-ring (bicyclic) bond motifs is 1. The molecule has 1 aromatic rings. The first-order valence-electron chi connectivity index (χ1n) is 9.49. The summed E-state index contributed by atoms with van der Waals surface area (Å²) in [6.07, 6.45) is 6.65. The lowest BCUT2D eigenvalue weighted by Crippen LogP contribution is -2.41. The van der Waals surface area contributed by atoms with Crippen LogP contribution < -0.4 is 10.6 Å². The van der Waals surface area contributed by atoms with Crippen molar-refractivity contribution < 1.29 is 14.3 Å². The topological polar surface area (TPSA) is 67.4 Å². The minimum absolute atomic E-state index is 0.00319. The first kappa shape index (κ1) is 17.9. The second-order valence-corrected chi connectivity index (χ2v) is 7.07. The van der Waals surface area contributed by atoms with Crippen LogP contribution in [0.4, 0.5) is 5.69 Å². The van der Waals surface area contributed by atoms with Gasteiger partial charge in [0.15, 0.2) is 0 Å². The summed E-state index contributed by atoms with van der Waals surface area (Å²) in [4.78, 5) is 24.4. The fourth-order valence-electron chi connectivity index (χ4n) is 3.80. The molecule has 25 heavy (non-hydrogen) atoms. The molecule has 5 heteroatoms. The van der Waals surface area contributed by atoms with E-state index in [0.29, 0.717) is 19.4 Å². The van der Waals surface area contributed by atoms with Crippen LogP contribution in [0.15, 0.2) is 24.3 Å². The number of hydrogen-bond acceptors (Lipinski definition) is 3. The first-order chi connectivity index (χ1) is 12.2. The Labute approximate surface area is 149 Å². The van der Waals surface area contributed by atoms with Crippen molar-refractivity contribution in [1.82, 2.24) is 5.32 Å². The highest BCUT2D eigenvalue weighted by atomic mass is 16.5. The number of anilines is 1. The molecular weight excluding hydrogens is 316 g/mol. The van der Waals surface area contributed by atoms with Crippen molar-refractivity contribution in [3.05, 3.63) is 29.8 Å². The highest BCUT2D eigenvalue weighted by molar-refractivity contribution is 5.94. The Balaban J connectivity index is 1.56. The van der Waals surface area contributed by atoms with Gasteiger partial charge in [-0.05, 0) is 30.9 Å². The zero-order valence-corrected chi connectivity index (χ0v) is 14.9. The second-order valence-electron chi connectivity index (χ2n) is 7.07. The molecule has 0 radical (unpaired) electrons. The summed E-state index contributed by atoms with van der Waals surface area (Å²) < 4.78 is 6.04. The zero-order valence-electron chi connectivity index (χ0n) is 14.9. The van der Waals surface area contributed by atoms with Gasteiger partial charge in [-0.25, -0.2) is 0 Å². The van der Waals surface area contributed by atoms with Crippen molar-refractivity contribution in [3.63, 3.8) is 0 Å². The van der Waals surface area contributed by atoms with E-state index in [2.05, 4.69) is 10.6 Å². The number of hydrogen-bond donors (Lipinski definition) is 2. The molecule has 3 rings (SSSR count). The molecule has 1 heterocycles. The fraction of sp³-hybridized carbons (Fsp3) is 0.600. The standard InChI is InChI=1S/C20H28N2O3/c1-2-18(25-15-8-4-3-5-9-15)20(24)21-13-14-12-19(23)22-17-11-7-6-10-16(14)17/h6-7,10-11,14-15,18H,2-5,8-9,12-13H2,1H3,(H,21,24)(H,22,23)/t14-,18-/m0/s1. The molecule has 0 aromatic heterocycles. The Morgan fingerprint density at radius 3 is 2.80 bits per heavy atom. The van der Waals surface area contributed by atoms with Crippen LogP contribution in [0.2, 0.25) is 0 Å². The molecule has 1 fully saturated rings. The smallest absolute Gasteiger partial charge is 0.249 e. The molecule has 1 saturated carbocycles. The summed E-state index contributed by atoms with van der Waals surface area (Å²) in [7, 11) is 0. The Bertz CT molecular complexity index is 611. The predicted octanol–water partition coefficient (Wildman–Crippen LogP) is 3.36. The second kappa shape index (κ2) is 8.48. The van der Waals surface area contributed by atoms with E-state index in [1.54, 1.807) is 0 Å². The maximum absolute atomic E-state index is 12.5. The number of carbonyl (C=O) groups excluding carboxylic acids is 2. The van der Waals surface area contributed by atoms with Gasteiger partial charge in [0, 0.05) is 24.6 Å². The predicted molar refractivity (Wildman–Crippen MR) is 97.5 cm³/mol. The van der Waals surface area contributed by atoms with E-state index in [9.17, 15) is 9.59 Å². The molecule has 2 N–H and O–H groups in total. The van der Waals surface area contributed by atoms with Crippen molar-refractivity contribution in [1.29, 1.82) is 0 Å². The molecule has 0 spiro atoms. The summed E-state index contributed by atoms with van der Waals surface area (Å²) in [6, 6.07) is 7.79. The molecule has 2 aliphatic rings. The summed E-state index contributed by atoms with van der Waals surface area (Å²) in [6.45, 7) is 2.45. The van der Waals surface area contributed by atoms with Gasteiger partial charge in [-0.2, -0.15) is 0 Å². The number of carbonyl (C=O) groups is 2. The van der Waals surface area contributed by atoms with Crippen LogP contribution in [0.25, 0.3) is 0 Å². The number of benzene rings is 1. The lowest BCUT2D eigenvalue weighted by molar-refractivity contribution is -0.138. The van der Waals surface area contributed by atoms with Gasteiger partial charge in [0.05, 0.1) is 6.10 Å². The molecule has 1 aliphatic carbocycles. The summed E-state index contributed by atoms with van der Waals surface area (Å²) in [5.74, 6) is -0.0407. The minimum atomic E-state index is -0.393. The SMILES string of the molecule is CC[C@H](OC1CCCCC1)C(=O)NC[C@@H]1CC(=O)Nc2ccccc21. The molecule has 1 aromatic carbocycles. The number of para-hydroxylation sites is 1. The number of amides is 2. The van der Waals surface area contributed by atoms with E-state index in [0.717, 1.165) is 24.1 Å². The van der Waals surface area contributed by atoms with Gasteiger partial charge in [0.2, 0.25) is 11.8 Å². The molecule has 0 saturated heterocycles. The van der Waals surface area contributed by atoms with Crippen molar-refractivity contribution in [2.45, 2.75) is 70.0 Å².